The zero-order chi connectivity index (χ0) is 13.5. The van der Waals surface area contributed by atoms with Gasteiger partial charge in [0.1, 0.15) is 5.82 Å². The Bertz CT molecular complexity index is 443. The summed E-state index contributed by atoms with van der Waals surface area (Å²) >= 11 is 0. The molecular formula is C13H15FO4. The van der Waals surface area contributed by atoms with Gasteiger partial charge in [-0.05, 0) is 37.1 Å². The van der Waals surface area contributed by atoms with Crippen molar-refractivity contribution in [3.63, 3.8) is 0 Å². The van der Waals surface area contributed by atoms with E-state index in [2.05, 4.69) is 4.74 Å². The standard InChI is InChI=1S/C13H15FO4/c1-3-18-13(16)10-4-6-11(14)9(8-10)5-7-12(15)17-2/h4,6,8H,3,5,7H2,1-2H3. The van der Waals surface area contributed by atoms with Gasteiger partial charge in [-0.15, -0.1) is 0 Å². The Balaban J connectivity index is 2.81. The quantitative estimate of drug-likeness (QED) is 0.755. The molecule has 0 bridgehead atoms. The normalized spacial score (nSPS) is 9.94. The number of hydrogen-bond acceptors (Lipinski definition) is 4. The van der Waals surface area contributed by atoms with Crippen molar-refractivity contribution in [3.8, 4) is 0 Å². The third-order valence-corrected chi connectivity index (χ3v) is 2.38. The Kier molecular flexibility index (Phi) is 5.30. The number of aryl methyl sites for hydroxylation is 1. The number of carbonyl (C=O) groups is 2. The zero-order valence-electron chi connectivity index (χ0n) is 10.4. The van der Waals surface area contributed by atoms with Gasteiger partial charge in [0.05, 0.1) is 19.3 Å². The lowest BCUT2D eigenvalue weighted by Gasteiger charge is -2.06. The van der Waals surface area contributed by atoms with Crippen LogP contribution in [0.5, 0.6) is 0 Å². The molecule has 5 heteroatoms. The molecule has 1 rings (SSSR count). The lowest BCUT2D eigenvalue weighted by molar-refractivity contribution is -0.140. The summed E-state index contributed by atoms with van der Waals surface area (Å²) in [6, 6.07) is 3.95. The van der Waals surface area contributed by atoms with Crippen LogP contribution < -0.4 is 0 Å². The van der Waals surface area contributed by atoms with Crippen molar-refractivity contribution in [2.45, 2.75) is 19.8 Å². The summed E-state index contributed by atoms with van der Waals surface area (Å²) in [4.78, 5) is 22.4. The first-order chi connectivity index (χ1) is 8.58. The average molecular weight is 254 g/mol. The van der Waals surface area contributed by atoms with E-state index in [4.69, 9.17) is 4.74 Å². The number of ether oxygens (including phenoxy) is 2. The predicted octanol–water partition coefficient (Wildman–Crippen LogP) is 2.11. The van der Waals surface area contributed by atoms with Crippen LogP contribution in [0, 0.1) is 5.82 Å². The minimum absolute atomic E-state index is 0.0691. The third kappa shape index (κ3) is 3.84. The molecule has 0 aliphatic rings. The summed E-state index contributed by atoms with van der Waals surface area (Å²) in [7, 11) is 1.27. The molecule has 0 aliphatic heterocycles. The van der Waals surface area contributed by atoms with Gasteiger partial charge in [-0.25, -0.2) is 9.18 Å². The number of esters is 2. The minimum Gasteiger partial charge on any atom is -0.469 e. The highest BCUT2D eigenvalue weighted by Crippen LogP contribution is 2.14. The summed E-state index contributed by atoms with van der Waals surface area (Å²) in [5.74, 6) is -1.38. The van der Waals surface area contributed by atoms with Crippen LogP contribution in [-0.4, -0.2) is 25.7 Å². The van der Waals surface area contributed by atoms with E-state index in [1.165, 1.54) is 25.3 Å². The number of halogens is 1. The maximum atomic E-state index is 13.5. The summed E-state index contributed by atoms with van der Waals surface area (Å²) < 4.78 is 22.8. The van der Waals surface area contributed by atoms with Gasteiger partial charge in [0.25, 0.3) is 0 Å². The molecule has 0 N–H and O–H groups in total. The minimum atomic E-state index is -0.503. The molecule has 0 atom stereocenters. The first kappa shape index (κ1) is 14.2. The van der Waals surface area contributed by atoms with Crippen molar-refractivity contribution in [3.05, 3.63) is 35.1 Å². The SMILES string of the molecule is CCOC(=O)c1ccc(F)c(CCC(=O)OC)c1. The van der Waals surface area contributed by atoms with Crippen LogP contribution >= 0.6 is 0 Å². The van der Waals surface area contributed by atoms with Gasteiger partial charge in [-0.1, -0.05) is 0 Å². The number of methoxy groups -OCH3 is 1. The van der Waals surface area contributed by atoms with Gasteiger partial charge in [0, 0.05) is 6.42 Å². The van der Waals surface area contributed by atoms with Crippen molar-refractivity contribution < 1.29 is 23.5 Å². The Hall–Kier alpha value is -1.91. The highest BCUT2D eigenvalue weighted by atomic mass is 19.1. The Morgan fingerprint density at radius 3 is 2.67 bits per heavy atom. The fourth-order valence-electron chi connectivity index (χ4n) is 1.45. The molecule has 0 radical (unpaired) electrons. The molecule has 1 aromatic rings. The van der Waals surface area contributed by atoms with Crippen LogP contribution in [0.25, 0.3) is 0 Å². The molecule has 0 amide bonds. The Labute approximate surface area is 105 Å². The lowest BCUT2D eigenvalue weighted by Crippen LogP contribution is -2.07. The highest BCUT2D eigenvalue weighted by Gasteiger charge is 2.11. The van der Waals surface area contributed by atoms with Crippen LogP contribution in [0.2, 0.25) is 0 Å². The van der Waals surface area contributed by atoms with E-state index >= 15 is 0 Å². The van der Waals surface area contributed by atoms with Crippen LogP contribution in [0.4, 0.5) is 4.39 Å². The molecule has 0 aliphatic carbocycles. The van der Waals surface area contributed by atoms with E-state index < -0.39 is 17.8 Å². The molecule has 0 saturated heterocycles. The molecule has 4 nitrogen and oxygen atoms in total. The predicted molar refractivity (Wildman–Crippen MR) is 62.7 cm³/mol. The summed E-state index contributed by atoms with van der Waals surface area (Å²) in [6.07, 6.45) is 0.255. The average Bonchev–Trinajstić information content (AvgIpc) is 2.37. The fourth-order valence-corrected chi connectivity index (χ4v) is 1.45. The van der Waals surface area contributed by atoms with E-state index in [9.17, 15) is 14.0 Å². The monoisotopic (exact) mass is 254 g/mol. The molecule has 0 saturated carbocycles. The first-order valence-corrected chi connectivity index (χ1v) is 5.60. The number of carbonyl (C=O) groups excluding carboxylic acids is 2. The van der Waals surface area contributed by atoms with Gasteiger partial charge >= 0.3 is 11.9 Å². The lowest BCUT2D eigenvalue weighted by atomic mass is 10.1. The van der Waals surface area contributed by atoms with Crippen molar-refractivity contribution in [2.24, 2.45) is 0 Å². The summed E-state index contributed by atoms with van der Waals surface area (Å²) in [6.45, 7) is 1.95. The van der Waals surface area contributed by atoms with Crippen molar-refractivity contribution >= 4 is 11.9 Å². The molecular weight excluding hydrogens is 239 g/mol. The van der Waals surface area contributed by atoms with Crippen molar-refractivity contribution in [2.75, 3.05) is 13.7 Å². The molecule has 1 aromatic carbocycles. The van der Waals surface area contributed by atoms with E-state index in [1.54, 1.807) is 6.92 Å². The summed E-state index contributed by atoms with van der Waals surface area (Å²) in [5, 5.41) is 0. The highest BCUT2D eigenvalue weighted by molar-refractivity contribution is 5.89. The third-order valence-electron chi connectivity index (χ3n) is 2.38. The fraction of sp³-hybridized carbons (Fsp3) is 0.385. The van der Waals surface area contributed by atoms with Crippen molar-refractivity contribution in [1.29, 1.82) is 0 Å². The van der Waals surface area contributed by atoms with E-state index in [0.29, 0.717) is 5.56 Å². The number of rotatable bonds is 5. The van der Waals surface area contributed by atoms with E-state index in [0.717, 1.165) is 0 Å². The molecule has 0 fully saturated rings. The molecule has 0 unspecified atom stereocenters. The topological polar surface area (TPSA) is 52.6 Å². The largest absolute Gasteiger partial charge is 0.469 e. The number of benzene rings is 1. The second-order valence-corrected chi connectivity index (χ2v) is 3.60. The van der Waals surface area contributed by atoms with Crippen LogP contribution in [-0.2, 0) is 20.7 Å². The van der Waals surface area contributed by atoms with Gasteiger partial charge in [0.2, 0.25) is 0 Å². The molecule has 0 heterocycles. The molecule has 98 valence electrons. The second-order valence-electron chi connectivity index (χ2n) is 3.60. The van der Waals surface area contributed by atoms with E-state index in [1.807, 2.05) is 0 Å². The molecule has 0 spiro atoms. The van der Waals surface area contributed by atoms with Crippen LogP contribution in [0.1, 0.15) is 29.3 Å². The molecule has 0 aromatic heterocycles. The first-order valence-electron chi connectivity index (χ1n) is 5.60. The second kappa shape index (κ2) is 6.74. The van der Waals surface area contributed by atoms with Gasteiger partial charge in [-0.3, -0.25) is 4.79 Å². The van der Waals surface area contributed by atoms with E-state index in [-0.39, 0.29) is 25.0 Å². The smallest absolute Gasteiger partial charge is 0.338 e. The van der Waals surface area contributed by atoms with Crippen LogP contribution in [0.3, 0.4) is 0 Å². The maximum absolute atomic E-state index is 13.5. The Morgan fingerprint density at radius 1 is 1.33 bits per heavy atom. The Morgan fingerprint density at radius 2 is 2.06 bits per heavy atom. The molecule has 18 heavy (non-hydrogen) atoms. The van der Waals surface area contributed by atoms with Crippen molar-refractivity contribution in [1.82, 2.24) is 0 Å². The van der Waals surface area contributed by atoms with Gasteiger partial charge in [-0.2, -0.15) is 0 Å². The van der Waals surface area contributed by atoms with Gasteiger partial charge in [0.15, 0.2) is 0 Å². The maximum Gasteiger partial charge on any atom is 0.338 e. The zero-order valence-corrected chi connectivity index (χ0v) is 10.4. The van der Waals surface area contributed by atoms with Crippen LogP contribution in [0.15, 0.2) is 18.2 Å². The van der Waals surface area contributed by atoms with Gasteiger partial charge < -0.3 is 9.47 Å². The summed E-state index contributed by atoms with van der Waals surface area (Å²) in [5.41, 5.74) is 0.573. The number of hydrogen-bond donors (Lipinski definition) is 0.